The monoisotopic (exact) mass is 428 g/mol. The summed E-state index contributed by atoms with van der Waals surface area (Å²) < 4.78 is 28.9. The normalized spacial score (nSPS) is 17.2. The van der Waals surface area contributed by atoms with Crippen LogP contribution >= 0.6 is 15.9 Å². The molecule has 0 aromatic heterocycles. The van der Waals surface area contributed by atoms with E-state index in [0.717, 1.165) is 35.7 Å². The lowest BCUT2D eigenvalue weighted by Crippen LogP contribution is -2.35. The third kappa shape index (κ3) is 3.64. The van der Waals surface area contributed by atoms with E-state index in [1.165, 1.54) is 4.31 Å². The Balaban J connectivity index is 2.05. The van der Waals surface area contributed by atoms with Crippen LogP contribution in [0.5, 0.6) is 0 Å². The average Bonchev–Trinajstić information content (AvgIpc) is 3.34. The maximum atomic E-state index is 13.3. The molecule has 1 aliphatic heterocycles. The summed E-state index contributed by atoms with van der Waals surface area (Å²) in [5, 5.41) is 0. The fourth-order valence-corrected chi connectivity index (χ4v) is 5.76. The summed E-state index contributed by atoms with van der Waals surface area (Å²) in [6.07, 6.45) is 4.31. The van der Waals surface area contributed by atoms with Gasteiger partial charge in [0.15, 0.2) is 0 Å². The summed E-state index contributed by atoms with van der Waals surface area (Å²) in [5.74, 6) is 0.154. The van der Waals surface area contributed by atoms with Gasteiger partial charge in [0, 0.05) is 30.0 Å². The molecule has 0 N–H and O–H groups in total. The van der Waals surface area contributed by atoms with Crippen LogP contribution in [0.2, 0.25) is 0 Å². The lowest BCUT2D eigenvalue weighted by atomic mass is 10.2. The molecule has 0 spiro atoms. The van der Waals surface area contributed by atoms with Crippen molar-refractivity contribution in [3.05, 3.63) is 22.2 Å². The topological polar surface area (TPSA) is 57.7 Å². The smallest absolute Gasteiger partial charge is 0.245 e. The highest BCUT2D eigenvalue weighted by molar-refractivity contribution is 9.10. The van der Waals surface area contributed by atoms with Crippen molar-refractivity contribution in [1.29, 1.82) is 0 Å². The molecular weight excluding hydrogens is 404 g/mol. The van der Waals surface area contributed by atoms with Gasteiger partial charge in [-0.15, -0.1) is 0 Å². The second kappa shape index (κ2) is 7.37. The summed E-state index contributed by atoms with van der Waals surface area (Å²) in [5.41, 5.74) is 1.54. The van der Waals surface area contributed by atoms with Crippen LogP contribution in [-0.4, -0.2) is 38.3 Å². The predicted octanol–water partition coefficient (Wildman–Crippen LogP) is 3.56. The van der Waals surface area contributed by atoms with Gasteiger partial charge < -0.3 is 4.90 Å². The Bertz CT molecular complexity index is 775. The van der Waals surface area contributed by atoms with Gasteiger partial charge in [0.05, 0.1) is 5.69 Å². The molecule has 25 heavy (non-hydrogen) atoms. The zero-order valence-electron chi connectivity index (χ0n) is 14.8. The van der Waals surface area contributed by atoms with Gasteiger partial charge in [-0.2, -0.15) is 4.31 Å². The van der Waals surface area contributed by atoms with E-state index in [1.54, 1.807) is 11.0 Å². The van der Waals surface area contributed by atoms with Crippen molar-refractivity contribution in [2.45, 2.75) is 50.8 Å². The number of anilines is 1. The molecule has 0 saturated heterocycles. The Labute approximate surface area is 158 Å². The standard InChI is InChI=1S/C18H25BrN2O3S/c1-3-5-9-20(4-2)25(23,24)16-12-15(19)11-14-8-10-21(17(14)16)18(22)13-6-7-13/h11-13H,3-10H2,1-2H3. The van der Waals surface area contributed by atoms with E-state index in [4.69, 9.17) is 0 Å². The Morgan fingerprint density at radius 2 is 2.04 bits per heavy atom. The molecule has 3 rings (SSSR count). The predicted molar refractivity (Wildman–Crippen MR) is 102 cm³/mol. The number of hydrogen-bond acceptors (Lipinski definition) is 3. The van der Waals surface area contributed by atoms with E-state index in [2.05, 4.69) is 15.9 Å². The first-order chi connectivity index (χ1) is 11.9. The highest BCUT2D eigenvalue weighted by Crippen LogP contribution is 2.42. The molecule has 1 aromatic rings. The lowest BCUT2D eigenvalue weighted by Gasteiger charge is -2.25. The fraction of sp³-hybridized carbons (Fsp3) is 0.611. The number of amides is 1. The molecule has 1 saturated carbocycles. The fourth-order valence-electron chi connectivity index (χ4n) is 3.36. The highest BCUT2D eigenvalue weighted by Gasteiger charge is 2.40. The van der Waals surface area contributed by atoms with Crippen molar-refractivity contribution in [2.24, 2.45) is 5.92 Å². The van der Waals surface area contributed by atoms with Gasteiger partial charge >= 0.3 is 0 Å². The molecule has 5 nitrogen and oxygen atoms in total. The molecule has 7 heteroatoms. The highest BCUT2D eigenvalue weighted by atomic mass is 79.9. The van der Waals surface area contributed by atoms with Crippen molar-refractivity contribution in [1.82, 2.24) is 4.31 Å². The number of rotatable bonds is 7. The number of nitrogens with zero attached hydrogens (tertiary/aromatic N) is 2. The van der Waals surface area contributed by atoms with Crippen molar-refractivity contribution >= 4 is 37.5 Å². The summed E-state index contributed by atoms with van der Waals surface area (Å²) in [7, 11) is -3.63. The van der Waals surface area contributed by atoms with Crippen LogP contribution in [0.1, 0.15) is 45.1 Å². The Morgan fingerprint density at radius 3 is 2.64 bits per heavy atom. The second-order valence-corrected chi connectivity index (χ2v) is 9.60. The Hall–Kier alpha value is -0.920. The van der Waals surface area contributed by atoms with E-state index in [-0.39, 0.29) is 16.7 Å². The van der Waals surface area contributed by atoms with E-state index < -0.39 is 10.0 Å². The summed E-state index contributed by atoms with van der Waals surface area (Å²) in [4.78, 5) is 14.6. The average molecular weight is 429 g/mol. The van der Waals surface area contributed by atoms with E-state index in [1.807, 2.05) is 19.9 Å². The van der Waals surface area contributed by atoms with Gasteiger partial charge in [-0.1, -0.05) is 36.2 Å². The van der Waals surface area contributed by atoms with Gasteiger partial charge in [-0.25, -0.2) is 8.42 Å². The zero-order valence-corrected chi connectivity index (χ0v) is 17.2. The number of carbonyl (C=O) groups excluding carboxylic acids is 1. The second-order valence-electron chi connectivity index (χ2n) is 6.78. The molecule has 2 aliphatic rings. The largest absolute Gasteiger partial charge is 0.310 e. The number of unbranched alkanes of at least 4 members (excludes halogenated alkanes) is 1. The summed E-state index contributed by atoms with van der Waals surface area (Å²) >= 11 is 3.44. The van der Waals surface area contributed by atoms with Crippen LogP contribution in [-0.2, 0) is 21.2 Å². The molecule has 0 radical (unpaired) electrons. The number of halogens is 1. The number of fused-ring (bicyclic) bond motifs is 1. The third-order valence-electron chi connectivity index (χ3n) is 4.92. The first kappa shape index (κ1) is 18.9. The van der Waals surface area contributed by atoms with Gasteiger partial charge in [0.25, 0.3) is 0 Å². The van der Waals surface area contributed by atoms with Crippen LogP contribution in [0.25, 0.3) is 0 Å². The van der Waals surface area contributed by atoms with Crippen LogP contribution < -0.4 is 4.90 Å². The number of carbonyl (C=O) groups is 1. The molecule has 0 bridgehead atoms. The first-order valence-corrected chi connectivity index (χ1v) is 11.3. The van der Waals surface area contributed by atoms with Crippen molar-refractivity contribution in [3.8, 4) is 0 Å². The summed E-state index contributed by atoms with van der Waals surface area (Å²) in [6.45, 7) is 5.42. The van der Waals surface area contributed by atoms with Gasteiger partial charge in [-0.3, -0.25) is 4.79 Å². The minimum absolute atomic E-state index is 0.0764. The maximum Gasteiger partial charge on any atom is 0.245 e. The number of benzene rings is 1. The maximum absolute atomic E-state index is 13.3. The molecule has 1 heterocycles. The molecule has 1 aliphatic carbocycles. The van der Waals surface area contributed by atoms with E-state index in [0.29, 0.717) is 31.7 Å². The Morgan fingerprint density at radius 1 is 1.32 bits per heavy atom. The molecule has 0 unspecified atom stereocenters. The van der Waals surface area contributed by atoms with E-state index in [9.17, 15) is 13.2 Å². The molecular formula is C18H25BrN2O3S. The lowest BCUT2D eigenvalue weighted by molar-refractivity contribution is -0.119. The van der Waals surface area contributed by atoms with Crippen molar-refractivity contribution in [3.63, 3.8) is 0 Å². The Kier molecular flexibility index (Phi) is 5.56. The van der Waals surface area contributed by atoms with Crippen LogP contribution in [0.15, 0.2) is 21.5 Å². The minimum Gasteiger partial charge on any atom is -0.310 e. The molecule has 0 atom stereocenters. The summed E-state index contributed by atoms with van der Waals surface area (Å²) in [6, 6.07) is 3.60. The quantitative estimate of drug-likeness (QED) is 0.666. The van der Waals surface area contributed by atoms with Gasteiger partial charge in [0.1, 0.15) is 4.90 Å². The molecule has 1 fully saturated rings. The zero-order chi connectivity index (χ0) is 18.2. The van der Waals surface area contributed by atoms with Crippen molar-refractivity contribution in [2.75, 3.05) is 24.5 Å². The van der Waals surface area contributed by atoms with Gasteiger partial charge in [-0.05, 0) is 43.4 Å². The molecule has 138 valence electrons. The third-order valence-corrected chi connectivity index (χ3v) is 7.36. The number of hydrogen-bond donors (Lipinski definition) is 0. The molecule has 1 aromatic carbocycles. The van der Waals surface area contributed by atoms with Crippen LogP contribution in [0.3, 0.4) is 0 Å². The van der Waals surface area contributed by atoms with Crippen LogP contribution in [0.4, 0.5) is 5.69 Å². The molecule has 1 amide bonds. The van der Waals surface area contributed by atoms with Crippen molar-refractivity contribution < 1.29 is 13.2 Å². The first-order valence-electron chi connectivity index (χ1n) is 9.04. The van der Waals surface area contributed by atoms with Gasteiger partial charge in [0.2, 0.25) is 15.9 Å². The SMILES string of the molecule is CCCCN(CC)S(=O)(=O)c1cc(Br)cc2c1N(C(=O)C1CC1)CC2. The van der Waals surface area contributed by atoms with E-state index >= 15 is 0 Å². The minimum atomic E-state index is -3.63. The van der Waals surface area contributed by atoms with Crippen LogP contribution in [0, 0.1) is 5.92 Å². The number of sulfonamides is 1.